The first kappa shape index (κ1) is 38.7. The standard InChI is InChI=1S/C34H52N6O7S/c1-23(2)35-17-18-36-30(41)13-9-19-47-28-20-24(3)32(25(4)21-28)48(44,45)40-29(34(43)46-5)22-38-31(42)12-7-6-11-27-15-14-26-10-8-16-37-33(26)39-27/h14-15,20-21,23,29,35,40H,6-13,16-19,22H2,1-5H3,(H,36,41)(H,37,39)(H,38,42)/t29-/m1/s1. The molecule has 1 aromatic heterocycles. The molecule has 3 rings (SSSR count). The number of sulfonamides is 1. The topological polar surface area (TPSA) is 177 Å². The van der Waals surface area contributed by atoms with Crippen LogP contribution in [0, 0.1) is 13.8 Å². The molecule has 266 valence electrons. The van der Waals surface area contributed by atoms with E-state index < -0.39 is 22.0 Å². The molecule has 48 heavy (non-hydrogen) atoms. The molecule has 0 spiro atoms. The van der Waals surface area contributed by atoms with Crippen molar-refractivity contribution in [2.75, 3.05) is 45.2 Å². The highest BCUT2D eigenvalue weighted by molar-refractivity contribution is 7.89. The molecule has 1 aromatic carbocycles. The molecule has 0 aliphatic carbocycles. The minimum absolute atomic E-state index is 0.00968. The van der Waals surface area contributed by atoms with Crippen LogP contribution in [-0.2, 0) is 42.0 Å². The Labute approximate surface area is 284 Å². The average Bonchev–Trinajstić information content (AvgIpc) is 3.04. The molecule has 14 heteroatoms. The number of rotatable bonds is 20. The largest absolute Gasteiger partial charge is 0.494 e. The van der Waals surface area contributed by atoms with Gasteiger partial charge in [0.2, 0.25) is 21.8 Å². The van der Waals surface area contributed by atoms with E-state index in [9.17, 15) is 22.8 Å². The fraction of sp³-hybridized carbons (Fsp3) is 0.588. The highest BCUT2D eigenvalue weighted by Crippen LogP contribution is 2.26. The number of pyridine rings is 1. The van der Waals surface area contributed by atoms with Crippen LogP contribution in [0.4, 0.5) is 5.82 Å². The first-order valence-electron chi connectivity index (χ1n) is 16.7. The number of carbonyl (C=O) groups excluding carboxylic acids is 3. The number of ether oxygens (including phenoxy) is 2. The molecular weight excluding hydrogens is 636 g/mol. The molecule has 0 unspecified atom stereocenters. The van der Waals surface area contributed by atoms with Crippen molar-refractivity contribution < 1.29 is 32.3 Å². The van der Waals surface area contributed by atoms with Crippen LogP contribution >= 0.6 is 0 Å². The molecule has 0 bridgehead atoms. The highest BCUT2D eigenvalue weighted by atomic mass is 32.2. The lowest BCUT2D eigenvalue weighted by atomic mass is 10.1. The second-order valence-corrected chi connectivity index (χ2v) is 14.0. The fourth-order valence-electron chi connectivity index (χ4n) is 5.46. The van der Waals surface area contributed by atoms with Gasteiger partial charge in [-0.25, -0.2) is 13.4 Å². The lowest BCUT2D eigenvalue weighted by Crippen LogP contribution is -2.49. The summed E-state index contributed by atoms with van der Waals surface area (Å²) in [6, 6.07) is 6.37. The Morgan fingerprint density at radius 1 is 0.979 bits per heavy atom. The van der Waals surface area contributed by atoms with Crippen molar-refractivity contribution >= 4 is 33.6 Å². The number of hydrogen-bond acceptors (Lipinski definition) is 10. The highest BCUT2D eigenvalue weighted by Gasteiger charge is 2.29. The second kappa shape index (κ2) is 19.3. The Balaban J connectivity index is 1.46. The zero-order chi connectivity index (χ0) is 35.1. The Kier molecular flexibility index (Phi) is 15.6. The van der Waals surface area contributed by atoms with Gasteiger partial charge in [-0.2, -0.15) is 4.72 Å². The summed E-state index contributed by atoms with van der Waals surface area (Å²) in [6.45, 7) is 9.56. The summed E-state index contributed by atoms with van der Waals surface area (Å²) in [5.74, 6) is 0.249. The number of esters is 1. The maximum atomic E-state index is 13.4. The first-order valence-corrected chi connectivity index (χ1v) is 18.2. The Bertz CT molecular complexity index is 1480. The van der Waals surface area contributed by atoms with E-state index in [4.69, 9.17) is 9.47 Å². The lowest BCUT2D eigenvalue weighted by molar-refractivity contribution is -0.142. The molecule has 2 aromatic rings. The van der Waals surface area contributed by atoms with Crippen molar-refractivity contribution in [1.29, 1.82) is 0 Å². The van der Waals surface area contributed by atoms with Crippen molar-refractivity contribution in [3.8, 4) is 5.75 Å². The summed E-state index contributed by atoms with van der Waals surface area (Å²) in [5.41, 5.74) is 3.04. The van der Waals surface area contributed by atoms with E-state index in [1.807, 2.05) is 19.9 Å². The van der Waals surface area contributed by atoms with Crippen LogP contribution in [0.15, 0.2) is 29.2 Å². The Hall–Kier alpha value is -3.75. The number of nitrogens with one attached hydrogen (secondary N) is 5. The Morgan fingerprint density at radius 2 is 1.69 bits per heavy atom. The van der Waals surface area contributed by atoms with Crippen LogP contribution in [0.3, 0.4) is 0 Å². The van der Waals surface area contributed by atoms with Gasteiger partial charge < -0.3 is 30.7 Å². The van der Waals surface area contributed by atoms with Crippen LogP contribution in [0.2, 0.25) is 0 Å². The third-order valence-electron chi connectivity index (χ3n) is 7.84. The molecule has 0 saturated carbocycles. The zero-order valence-electron chi connectivity index (χ0n) is 28.9. The number of carbonyl (C=O) groups is 3. The molecular formula is C34H52N6O7S. The second-order valence-electron chi connectivity index (χ2n) is 12.3. The third-order valence-corrected chi connectivity index (χ3v) is 9.62. The number of nitrogens with zero attached hydrogens (tertiary/aromatic N) is 1. The number of hydrogen-bond donors (Lipinski definition) is 5. The van der Waals surface area contributed by atoms with E-state index >= 15 is 0 Å². The number of anilines is 1. The van der Waals surface area contributed by atoms with Crippen molar-refractivity contribution in [3.63, 3.8) is 0 Å². The van der Waals surface area contributed by atoms with Gasteiger partial charge in [0.25, 0.3) is 0 Å². The minimum Gasteiger partial charge on any atom is -0.494 e. The summed E-state index contributed by atoms with van der Waals surface area (Å²) in [6.07, 6.45) is 5.28. The van der Waals surface area contributed by atoms with E-state index in [0.29, 0.717) is 55.3 Å². The molecule has 0 radical (unpaired) electrons. The van der Waals surface area contributed by atoms with Crippen molar-refractivity contribution in [3.05, 3.63) is 46.6 Å². The van der Waals surface area contributed by atoms with Gasteiger partial charge in [-0.1, -0.05) is 19.9 Å². The van der Waals surface area contributed by atoms with Crippen LogP contribution in [0.1, 0.15) is 74.8 Å². The van der Waals surface area contributed by atoms with Gasteiger partial charge in [-0.15, -0.1) is 0 Å². The molecule has 5 N–H and O–H groups in total. The molecule has 2 heterocycles. The molecule has 1 atom stereocenters. The van der Waals surface area contributed by atoms with E-state index in [-0.39, 0.29) is 36.3 Å². The van der Waals surface area contributed by atoms with Gasteiger partial charge in [0.05, 0.1) is 18.6 Å². The van der Waals surface area contributed by atoms with E-state index in [1.165, 1.54) is 5.56 Å². The van der Waals surface area contributed by atoms with Crippen LogP contribution in [0.25, 0.3) is 0 Å². The summed E-state index contributed by atoms with van der Waals surface area (Å²) in [7, 11) is -3.02. The first-order chi connectivity index (χ1) is 22.9. The molecule has 0 fully saturated rings. The fourth-order valence-corrected chi connectivity index (χ4v) is 7.09. The predicted molar refractivity (Wildman–Crippen MR) is 185 cm³/mol. The monoisotopic (exact) mass is 688 g/mol. The van der Waals surface area contributed by atoms with E-state index in [1.54, 1.807) is 26.0 Å². The lowest BCUT2D eigenvalue weighted by Gasteiger charge is -2.20. The van der Waals surface area contributed by atoms with Crippen LogP contribution in [-0.4, -0.2) is 83.2 Å². The number of amides is 2. The van der Waals surface area contributed by atoms with Crippen molar-refractivity contribution in [2.45, 2.75) is 96.0 Å². The molecule has 1 aliphatic heterocycles. The normalized spacial score (nSPS) is 13.3. The maximum Gasteiger partial charge on any atom is 0.325 e. The van der Waals surface area contributed by atoms with Crippen LogP contribution < -0.4 is 30.7 Å². The Morgan fingerprint density at radius 3 is 2.40 bits per heavy atom. The smallest absolute Gasteiger partial charge is 0.325 e. The zero-order valence-corrected chi connectivity index (χ0v) is 29.7. The van der Waals surface area contributed by atoms with Gasteiger partial charge in [0.1, 0.15) is 17.6 Å². The van der Waals surface area contributed by atoms with E-state index in [2.05, 4.69) is 37.0 Å². The number of benzene rings is 1. The summed E-state index contributed by atoms with van der Waals surface area (Å²) < 4.78 is 39.9. The molecule has 1 aliphatic rings. The number of unbranched alkanes of at least 4 members (excludes halogenated alkanes) is 1. The SMILES string of the molecule is COC(=O)[C@@H](CNC(=O)CCCCc1ccc2c(n1)NCCC2)NS(=O)(=O)c1c(C)cc(OCCCC(=O)NCCNC(C)C)cc1C. The maximum absolute atomic E-state index is 13.4. The van der Waals surface area contributed by atoms with Crippen molar-refractivity contribution in [1.82, 2.24) is 25.7 Å². The molecule has 2 amide bonds. The number of aryl methyl sites for hydroxylation is 4. The summed E-state index contributed by atoms with van der Waals surface area (Å²) in [5, 5.41) is 12.1. The number of methoxy groups -OCH3 is 1. The van der Waals surface area contributed by atoms with Crippen LogP contribution in [0.5, 0.6) is 5.75 Å². The third kappa shape index (κ3) is 12.7. The predicted octanol–water partition coefficient (Wildman–Crippen LogP) is 2.68. The molecule has 0 saturated heterocycles. The van der Waals surface area contributed by atoms with E-state index in [0.717, 1.165) is 50.8 Å². The van der Waals surface area contributed by atoms with Gasteiger partial charge in [-0.05, 0) is 87.3 Å². The summed E-state index contributed by atoms with van der Waals surface area (Å²) in [4.78, 5) is 41.8. The average molecular weight is 689 g/mol. The summed E-state index contributed by atoms with van der Waals surface area (Å²) >= 11 is 0. The number of aromatic nitrogens is 1. The number of fused-ring (bicyclic) bond motifs is 1. The molecule has 13 nitrogen and oxygen atoms in total. The van der Waals surface area contributed by atoms with Gasteiger partial charge >= 0.3 is 5.97 Å². The van der Waals surface area contributed by atoms with Gasteiger partial charge in [-0.3, -0.25) is 14.4 Å². The van der Waals surface area contributed by atoms with Crippen molar-refractivity contribution in [2.24, 2.45) is 0 Å². The quantitative estimate of drug-likeness (QED) is 0.103. The minimum atomic E-state index is -4.18. The van der Waals surface area contributed by atoms with Gasteiger partial charge in [0, 0.05) is 50.8 Å². The van der Waals surface area contributed by atoms with Gasteiger partial charge in [0.15, 0.2) is 0 Å².